The summed E-state index contributed by atoms with van der Waals surface area (Å²) in [6.07, 6.45) is 1.18. The third-order valence-electron chi connectivity index (χ3n) is 3.50. The Morgan fingerprint density at radius 2 is 1.72 bits per heavy atom. The molecule has 0 aliphatic heterocycles. The van der Waals surface area contributed by atoms with Gasteiger partial charge in [-0.25, -0.2) is 33.0 Å². The zero-order valence-corrected chi connectivity index (χ0v) is 16.1. The lowest BCUT2D eigenvalue weighted by Gasteiger charge is -2.11. The fourth-order valence-electron chi connectivity index (χ4n) is 2.42. The van der Waals surface area contributed by atoms with E-state index in [9.17, 15) is 18.0 Å². The van der Waals surface area contributed by atoms with Crippen molar-refractivity contribution in [3.63, 3.8) is 0 Å². The average Bonchev–Trinajstić information content (AvgIpc) is 3.13. The van der Waals surface area contributed by atoms with Gasteiger partial charge in [-0.2, -0.15) is 10.1 Å². The van der Waals surface area contributed by atoms with E-state index in [0.29, 0.717) is 11.4 Å². The Labute approximate surface area is 165 Å². The second kappa shape index (κ2) is 8.02. The van der Waals surface area contributed by atoms with Gasteiger partial charge in [0, 0.05) is 11.4 Å². The summed E-state index contributed by atoms with van der Waals surface area (Å²) in [5, 5.41) is 10.6. The molecule has 13 heteroatoms. The summed E-state index contributed by atoms with van der Waals surface area (Å²) >= 11 is 0. The number of hydrogen-bond donors (Lipinski definition) is 4. The molecule has 0 radical (unpaired) electrons. The molecule has 12 nitrogen and oxygen atoms in total. The highest BCUT2D eigenvalue weighted by molar-refractivity contribution is 7.90. The molecule has 3 aromatic rings. The monoisotopic (exact) mass is 416 g/mol. The van der Waals surface area contributed by atoms with Gasteiger partial charge in [0.1, 0.15) is 11.2 Å². The number of nitrogens with one attached hydrogen (secondary N) is 4. The number of aromatic nitrogens is 5. The van der Waals surface area contributed by atoms with E-state index in [4.69, 9.17) is 0 Å². The smallest absolute Gasteiger partial charge is 0.291 e. The summed E-state index contributed by atoms with van der Waals surface area (Å²) in [5.41, 5.74) is 1.02. The minimum absolute atomic E-state index is 0.0415. The number of carbonyl (C=O) groups is 2. The van der Waals surface area contributed by atoms with Crippen LogP contribution in [0.1, 0.15) is 21.7 Å². The SMILES string of the molecule is Cc1cc(C)nc(NC(=O)NS(=O)(=O)c2ccccc2C(=O)Nc2ncn[nH]2)n1. The van der Waals surface area contributed by atoms with Gasteiger partial charge >= 0.3 is 6.03 Å². The summed E-state index contributed by atoms with van der Waals surface area (Å²) in [6, 6.07) is 6.02. The van der Waals surface area contributed by atoms with E-state index in [2.05, 4.69) is 35.8 Å². The Morgan fingerprint density at radius 3 is 2.38 bits per heavy atom. The van der Waals surface area contributed by atoms with Gasteiger partial charge in [0.25, 0.3) is 15.9 Å². The lowest BCUT2D eigenvalue weighted by atomic mass is 10.2. The van der Waals surface area contributed by atoms with Gasteiger partial charge in [-0.3, -0.25) is 15.4 Å². The molecule has 0 spiro atoms. The fourth-order valence-corrected chi connectivity index (χ4v) is 3.53. The molecule has 2 aromatic heterocycles. The number of anilines is 2. The Hall–Kier alpha value is -3.87. The van der Waals surface area contributed by atoms with Crippen molar-refractivity contribution in [2.24, 2.45) is 0 Å². The van der Waals surface area contributed by atoms with Gasteiger partial charge in [-0.05, 0) is 32.0 Å². The van der Waals surface area contributed by atoms with Crippen molar-refractivity contribution >= 4 is 33.9 Å². The molecule has 0 fully saturated rings. The maximum Gasteiger partial charge on any atom is 0.335 e. The minimum Gasteiger partial charge on any atom is -0.291 e. The van der Waals surface area contributed by atoms with Gasteiger partial charge in [-0.15, -0.1) is 0 Å². The van der Waals surface area contributed by atoms with E-state index >= 15 is 0 Å². The number of sulfonamides is 1. The number of rotatable bonds is 5. The van der Waals surface area contributed by atoms with Crippen molar-refractivity contribution in [1.82, 2.24) is 29.9 Å². The molecule has 3 rings (SSSR count). The number of nitrogens with zero attached hydrogens (tertiary/aromatic N) is 4. The molecule has 0 saturated heterocycles. The van der Waals surface area contributed by atoms with Crippen LogP contribution in [0.4, 0.5) is 16.7 Å². The number of H-pyrrole nitrogens is 1. The van der Waals surface area contributed by atoms with E-state index in [1.165, 1.54) is 30.6 Å². The second-order valence-electron chi connectivity index (χ2n) is 5.82. The maximum atomic E-state index is 12.7. The highest BCUT2D eigenvalue weighted by atomic mass is 32.2. The summed E-state index contributed by atoms with van der Waals surface area (Å²) in [5.74, 6) is -0.757. The quantitative estimate of drug-likeness (QED) is 0.476. The normalized spacial score (nSPS) is 11.0. The zero-order chi connectivity index (χ0) is 21.0. The third kappa shape index (κ3) is 4.90. The number of benzene rings is 1. The molecule has 0 atom stereocenters. The number of aryl methyl sites for hydroxylation is 2. The molecular formula is C16H16N8O4S. The third-order valence-corrected chi connectivity index (χ3v) is 4.89. The lowest BCUT2D eigenvalue weighted by Crippen LogP contribution is -2.36. The van der Waals surface area contributed by atoms with Gasteiger partial charge in [-0.1, -0.05) is 12.1 Å². The highest BCUT2D eigenvalue weighted by Crippen LogP contribution is 2.16. The van der Waals surface area contributed by atoms with Crippen LogP contribution in [-0.2, 0) is 10.0 Å². The van der Waals surface area contributed by atoms with Crippen molar-refractivity contribution in [2.45, 2.75) is 18.7 Å². The molecule has 0 aliphatic rings. The second-order valence-corrected chi connectivity index (χ2v) is 7.47. The van der Waals surface area contributed by atoms with Crippen LogP contribution in [0.3, 0.4) is 0 Å². The van der Waals surface area contributed by atoms with Crippen LogP contribution in [-0.4, -0.2) is 45.5 Å². The maximum absolute atomic E-state index is 12.7. The first-order valence-electron chi connectivity index (χ1n) is 8.16. The first kappa shape index (κ1) is 19.9. The molecule has 2 heterocycles. The van der Waals surface area contributed by atoms with E-state index in [0.717, 1.165) is 0 Å². The average molecular weight is 416 g/mol. The first-order valence-corrected chi connectivity index (χ1v) is 9.65. The molecule has 150 valence electrons. The van der Waals surface area contributed by atoms with Crippen molar-refractivity contribution in [1.29, 1.82) is 0 Å². The summed E-state index contributed by atoms with van der Waals surface area (Å²) in [7, 11) is -4.38. The molecule has 4 N–H and O–H groups in total. The molecule has 29 heavy (non-hydrogen) atoms. The standard InChI is InChI=1S/C16H16N8O4S/c1-9-7-10(2)20-15(19-9)22-16(26)24-29(27,28)12-6-4-3-5-11(12)13(25)21-14-17-8-18-23-14/h3-8H,1-2H3,(H2,17,18,21,23,25)(H2,19,20,22,24,26). The minimum atomic E-state index is -4.38. The predicted molar refractivity (Wildman–Crippen MR) is 102 cm³/mol. The molecular weight excluding hydrogens is 400 g/mol. The van der Waals surface area contributed by atoms with Crippen LogP contribution >= 0.6 is 0 Å². The Bertz CT molecular complexity index is 1140. The van der Waals surface area contributed by atoms with Crippen LogP contribution in [0.15, 0.2) is 41.6 Å². The van der Waals surface area contributed by atoms with Gasteiger partial charge < -0.3 is 0 Å². The number of amides is 3. The molecule has 0 unspecified atom stereocenters. The molecule has 0 aliphatic carbocycles. The summed E-state index contributed by atoms with van der Waals surface area (Å²) < 4.78 is 27.2. The fraction of sp³-hybridized carbons (Fsp3) is 0.125. The number of hydrogen-bond acceptors (Lipinski definition) is 8. The van der Waals surface area contributed by atoms with E-state index in [-0.39, 0.29) is 17.5 Å². The van der Waals surface area contributed by atoms with Gasteiger partial charge in [0.2, 0.25) is 11.9 Å². The number of carbonyl (C=O) groups excluding carboxylic acids is 2. The Morgan fingerprint density at radius 1 is 1.03 bits per heavy atom. The van der Waals surface area contributed by atoms with E-state index < -0.39 is 26.9 Å². The molecule has 0 saturated carbocycles. The molecule has 1 aromatic carbocycles. The van der Waals surface area contributed by atoms with Gasteiger partial charge in [0.05, 0.1) is 5.56 Å². The number of urea groups is 1. The van der Waals surface area contributed by atoms with Crippen LogP contribution in [0.2, 0.25) is 0 Å². The van der Waals surface area contributed by atoms with Crippen LogP contribution < -0.4 is 15.4 Å². The zero-order valence-electron chi connectivity index (χ0n) is 15.3. The molecule has 3 amide bonds. The van der Waals surface area contributed by atoms with Crippen molar-refractivity contribution < 1.29 is 18.0 Å². The predicted octanol–water partition coefficient (Wildman–Crippen LogP) is 0.974. The Kier molecular flexibility index (Phi) is 5.50. The van der Waals surface area contributed by atoms with Crippen LogP contribution in [0.25, 0.3) is 0 Å². The topological polar surface area (TPSA) is 172 Å². The largest absolute Gasteiger partial charge is 0.335 e. The molecule has 0 bridgehead atoms. The van der Waals surface area contributed by atoms with Crippen molar-refractivity contribution in [3.8, 4) is 0 Å². The van der Waals surface area contributed by atoms with E-state index in [1.807, 2.05) is 4.72 Å². The van der Waals surface area contributed by atoms with Crippen LogP contribution in [0, 0.1) is 13.8 Å². The number of aromatic amines is 1. The Balaban J connectivity index is 1.80. The summed E-state index contributed by atoms with van der Waals surface area (Å²) in [4.78, 5) is 35.9. The highest BCUT2D eigenvalue weighted by Gasteiger charge is 2.25. The summed E-state index contributed by atoms with van der Waals surface area (Å²) in [6.45, 7) is 3.41. The van der Waals surface area contributed by atoms with E-state index in [1.54, 1.807) is 19.9 Å². The van der Waals surface area contributed by atoms with Gasteiger partial charge in [0.15, 0.2) is 0 Å². The lowest BCUT2D eigenvalue weighted by molar-refractivity contribution is 0.102. The first-order chi connectivity index (χ1) is 13.7. The van der Waals surface area contributed by atoms with Crippen molar-refractivity contribution in [3.05, 3.63) is 53.6 Å². The van der Waals surface area contributed by atoms with Crippen LogP contribution in [0.5, 0.6) is 0 Å². The van der Waals surface area contributed by atoms with Crippen molar-refractivity contribution in [2.75, 3.05) is 10.6 Å².